The Bertz CT molecular complexity index is 342. The minimum atomic E-state index is -0.468. The van der Waals surface area contributed by atoms with Crippen molar-refractivity contribution in [3.63, 3.8) is 0 Å². The van der Waals surface area contributed by atoms with Gasteiger partial charge in [-0.25, -0.2) is 4.98 Å². The normalized spacial score (nSPS) is 21.1. The van der Waals surface area contributed by atoms with Crippen LogP contribution in [0, 0.1) is 0 Å². The van der Waals surface area contributed by atoms with Gasteiger partial charge in [-0.2, -0.15) is 0 Å². The third kappa shape index (κ3) is 5.54. The van der Waals surface area contributed by atoms with Crippen LogP contribution in [0.3, 0.4) is 0 Å². The van der Waals surface area contributed by atoms with E-state index in [1.54, 1.807) is 11.3 Å². The van der Waals surface area contributed by atoms with Crippen molar-refractivity contribution in [2.75, 3.05) is 33.4 Å². The van der Waals surface area contributed by atoms with E-state index in [0.717, 1.165) is 31.7 Å². The van der Waals surface area contributed by atoms with E-state index in [1.165, 1.54) is 0 Å². The molecule has 108 valence electrons. The van der Waals surface area contributed by atoms with Crippen molar-refractivity contribution in [2.45, 2.75) is 31.6 Å². The van der Waals surface area contributed by atoms with Crippen LogP contribution in [0.25, 0.3) is 0 Å². The zero-order valence-electron chi connectivity index (χ0n) is 11.3. The minimum Gasteiger partial charge on any atom is -0.389 e. The second-order valence-electron chi connectivity index (χ2n) is 5.00. The molecule has 5 nitrogen and oxygen atoms in total. The molecule has 1 fully saturated rings. The van der Waals surface area contributed by atoms with Gasteiger partial charge in [-0.3, -0.25) is 4.90 Å². The highest BCUT2D eigenvalue weighted by Crippen LogP contribution is 2.12. The second kappa shape index (κ2) is 7.91. The van der Waals surface area contributed by atoms with Gasteiger partial charge in [-0.1, -0.05) is 0 Å². The summed E-state index contributed by atoms with van der Waals surface area (Å²) in [5, 5.41) is 11.9. The maximum atomic E-state index is 9.90. The third-order valence-electron chi connectivity index (χ3n) is 3.08. The standard InChI is InChI=1S/C13H22N2O3S/c1-15(5-11-9-19-10-14-11)6-12(16)7-17-8-13-3-2-4-18-13/h9-10,12-13,16H,2-8H2,1H3. The fourth-order valence-corrected chi connectivity index (χ4v) is 2.73. The van der Waals surface area contributed by atoms with Gasteiger partial charge in [-0.05, 0) is 19.9 Å². The summed E-state index contributed by atoms with van der Waals surface area (Å²) in [6.45, 7) is 3.14. The lowest BCUT2D eigenvalue weighted by molar-refractivity contribution is -0.0239. The van der Waals surface area contributed by atoms with Crippen molar-refractivity contribution in [3.8, 4) is 0 Å². The number of rotatable bonds is 8. The quantitative estimate of drug-likeness (QED) is 0.776. The van der Waals surface area contributed by atoms with Crippen molar-refractivity contribution >= 4 is 11.3 Å². The highest BCUT2D eigenvalue weighted by molar-refractivity contribution is 7.07. The molecule has 0 spiro atoms. The third-order valence-corrected chi connectivity index (χ3v) is 3.71. The van der Waals surface area contributed by atoms with Crippen LogP contribution < -0.4 is 0 Å². The minimum absolute atomic E-state index is 0.222. The Hall–Kier alpha value is -0.530. The molecule has 1 aromatic rings. The number of aliphatic hydroxyl groups is 1. The van der Waals surface area contributed by atoms with Gasteiger partial charge in [0.2, 0.25) is 0 Å². The molecule has 0 bridgehead atoms. The Morgan fingerprint density at radius 3 is 3.26 bits per heavy atom. The van der Waals surface area contributed by atoms with Gasteiger partial charge in [0.15, 0.2) is 0 Å². The SMILES string of the molecule is CN(Cc1cscn1)CC(O)COCC1CCCO1. The molecule has 2 atom stereocenters. The van der Waals surface area contributed by atoms with Gasteiger partial charge >= 0.3 is 0 Å². The maximum Gasteiger partial charge on any atom is 0.0900 e. The highest BCUT2D eigenvalue weighted by atomic mass is 32.1. The maximum absolute atomic E-state index is 9.90. The number of hydrogen-bond acceptors (Lipinski definition) is 6. The first-order valence-corrected chi connectivity index (χ1v) is 7.61. The summed E-state index contributed by atoms with van der Waals surface area (Å²) >= 11 is 1.59. The summed E-state index contributed by atoms with van der Waals surface area (Å²) in [6.07, 6.45) is 1.94. The largest absolute Gasteiger partial charge is 0.389 e. The van der Waals surface area contributed by atoms with Gasteiger partial charge in [0.05, 0.1) is 36.6 Å². The zero-order valence-corrected chi connectivity index (χ0v) is 12.1. The lowest BCUT2D eigenvalue weighted by atomic mass is 10.2. The lowest BCUT2D eigenvalue weighted by Crippen LogP contribution is -2.32. The Balaban J connectivity index is 1.56. The molecule has 0 aliphatic carbocycles. The van der Waals surface area contributed by atoms with Gasteiger partial charge in [0.1, 0.15) is 0 Å². The Kier molecular flexibility index (Phi) is 6.19. The summed E-state index contributed by atoms with van der Waals surface area (Å²) < 4.78 is 11.0. The van der Waals surface area contributed by atoms with Crippen molar-refractivity contribution < 1.29 is 14.6 Å². The molecule has 0 radical (unpaired) electrons. The number of ether oxygens (including phenoxy) is 2. The molecule has 1 N–H and O–H groups in total. The number of thiazole rings is 1. The summed E-state index contributed by atoms with van der Waals surface area (Å²) in [5.74, 6) is 0. The van der Waals surface area contributed by atoms with E-state index >= 15 is 0 Å². The molecular formula is C13H22N2O3S. The fourth-order valence-electron chi connectivity index (χ4n) is 2.18. The first-order chi connectivity index (χ1) is 9.24. The van der Waals surface area contributed by atoms with Crippen molar-refractivity contribution in [2.24, 2.45) is 0 Å². The van der Waals surface area contributed by atoms with Crippen LogP contribution >= 0.6 is 11.3 Å². The van der Waals surface area contributed by atoms with E-state index in [0.29, 0.717) is 19.8 Å². The van der Waals surface area contributed by atoms with E-state index in [9.17, 15) is 5.11 Å². The Morgan fingerprint density at radius 2 is 2.58 bits per heavy atom. The number of likely N-dealkylation sites (N-methyl/N-ethyl adjacent to an activating group) is 1. The highest BCUT2D eigenvalue weighted by Gasteiger charge is 2.16. The summed E-state index contributed by atoms with van der Waals surface area (Å²) in [4.78, 5) is 6.28. The predicted molar refractivity (Wildman–Crippen MR) is 74.2 cm³/mol. The summed E-state index contributed by atoms with van der Waals surface area (Å²) in [6, 6.07) is 0. The second-order valence-corrected chi connectivity index (χ2v) is 5.72. The molecular weight excluding hydrogens is 264 g/mol. The van der Waals surface area contributed by atoms with Crippen LogP contribution in [0.15, 0.2) is 10.9 Å². The number of aliphatic hydroxyl groups excluding tert-OH is 1. The smallest absolute Gasteiger partial charge is 0.0900 e. The van der Waals surface area contributed by atoms with E-state index in [4.69, 9.17) is 9.47 Å². The first kappa shape index (κ1) is 14.9. The topological polar surface area (TPSA) is 54.8 Å². The summed E-state index contributed by atoms with van der Waals surface area (Å²) in [7, 11) is 1.97. The van der Waals surface area contributed by atoms with E-state index in [1.807, 2.05) is 17.9 Å². The van der Waals surface area contributed by atoms with Crippen LogP contribution in [0.2, 0.25) is 0 Å². The molecule has 2 unspecified atom stereocenters. The molecule has 0 aromatic carbocycles. The fraction of sp³-hybridized carbons (Fsp3) is 0.769. The predicted octanol–water partition coefficient (Wildman–Crippen LogP) is 1.13. The molecule has 2 rings (SSSR count). The van der Waals surface area contributed by atoms with Crippen LogP contribution in [-0.2, 0) is 16.0 Å². The van der Waals surface area contributed by atoms with Gasteiger partial charge in [-0.15, -0.1) is 11.3 Å². The zero-order chi connectivity index (χ0) is 13.5. The number of nitrogens with zero attached hydrogens (tertiary/aromatic N) is 2. The van der Waals surface area contributed by atoms with Crippen LogP contribution in [-0.4, -0.2) is 60.6 Å². The van der Waals surface area contributed by atoms with Gasteiger partial charge < -0.3 is 14.6 Å². The van der Waals surface area contributed by atoms with Gasteiger partial charge in [0.25, 0.3) is 0 Å². The van der Waals surface area contributed by atoms with Crippen molar-refractivity contribution in [1.82, 2.24) is 9.88 Å². The van der Waals surface area contributed by atoms with E-state index in [2.05, 4.69) is 9.88 Å². The Morgan fingerprint density at radius 1 is 1.68 bits per heavy atom. The monoisotopic (exact) mass is 286 g/mol. The Labute approximate surface area is 118 Å². The average molecular weight is 286 g/mol. The number of hydrogen-bond donors (Lipinski definition) is 1. The van der Waals surface area contributed by atoms with Crippen LogP contribution in [0.5, 0.6) is 0 Å². The van der Waals surface area contributed by atoms with Crippen LogP contribution in [0.1, 0.15) is 18.5 Å². The lowest BCUT2D eigenvalue weighted by Gasteiger charge is -2.20. The number of aromatic nitrogens is 1. The van der Waals surface area contributed by atoms with Crippen molar-refractivity contribution in [1.29, 1.82) is 0 Å². The molecule has 0 saturated carbocycles. The molecule has 1 aromatic heterocycles. The molecule has 0 amide bonds. The van der Waals surface area contributed by atoms with Crippen LogP contribution in [0.4, 0.5) is 0 Å². The molecule has 1 saturated heterocycles. The molecule has 2 heterocycles. The average Bonchev–Trinajstić information content (AvgIpc) is 3.01. The van der Waals surface area contributed by atoms with E-state index in [-0.39, 0.29) is 6.10 Å². The summed E-state index contributed by atoms with van der Waals surface area (Å²) in [5.41, 5.74) is 2.87. The molecule has 1 aliphatic heterocycles. The molecule has 1 aliphatic rings. The van der Waals surface area contributed by atoms with Gasteiger partial charge in [0, 0.05) is 25.1 Å². The first-order valence-electron chi connectivity index (χ1n) is 6.67. The van der Waals surface area contributed by atoms with Crippen molar-refractivity contribution in [3.05, 3.63) is 16.6 Å². The molecule has 19 heavy (non-hydrogen) atoms. The van der Waals surface area contributed by atoms with E-state index < -0.39 is 6.10 Å². The molecule has 6 heteroatoms.